The molecule has 2 heterocycles. The normalized spacial score (nSPS) is 11.9. The average Bonchev–Trinajstić information content (AvgIpc) is 2.66. The minimum absolute atomic E-state index is 0.0733. The van der Waals surface area contributed by atoms with Crippen LogP contribution in [0.4, 0.5) is 23.4 Å². The van der Waals surface area contributed by atoms with Gasteiger partial charge in [0.15, 0.2) is 5.82 Å². The minimum Gasteiger partial charge on any atom is -0.383 e. The highest BCUT2D eigenvalue weighted by Crippen LogP contribution is 2.33. The number of nitrogens with two attached hydrogens (primary N) is 1. The highest BCUT2D eigenvalue weighted by molar-refractivity contribution is 5.82. The average molecular weight is 409 g/mol. The Bertz CT molecular complexity index is 1090. The summed E-state index contributed by atoms with van der Waals surface area (Å²) in [5.41, 5.74) is 3.77. The van der Waals surface area contributed by atoms with E-state index in [1.807, 2.05) is 0 Å². The number of anilines is 1. The van der Waals surface area contributed by atoms with E-state index >= 15 is 0 Å². The van der Waals surface area contributed by atoms with E-state index in [2.05, 4.69) is 21.9 Å². The van der Waals surface area contributed by atoms with E-state index in [1.165, 1.54) is 17.0 Å². The van der Waals surface area contributed by atoms with Crippen LogP contribution < -0.4 is 11.3 Å². The Kier molecular flexibility index (Phi) is 5.81. The third-order valence-corrected chi connectivity index (χ3v) is 4.53. The van der Waals surface area contributed by atoms with Crippen molar-refractivity contribution >= 4 is 16.7 Å². The molecule has 0 saturated heterocycles. The number of hydrogen-bond acceptors (Lipinski definition) is 5. The fraction of sp³-hybridized carbons (Fsp3) is 0.368. The minimum atomic E-state index is -4.71. The topological polar surface area (TPSA) is 86.7 Å². The Hall–Kier alpha value is -3.04. The summed E-state index contributed by atoms with van der Waals surface area (Å²) in [6, 6.07) is 2.23. The van der Waals surface area contributed by atoms with Gasteiger partial charge in [-0.1, -0.05) is 26.2 Å². The van der Waals surface area contributed by atoms with Gasteiger partial charge in [0.25, 0.3) is 5.56 Å². The van der Waals surface area contributed by atoms with Crippen LogP contribution in [-0.2, 0) is 12.7 Å². The smallest absolute Gasteiger partial charge is 0.383 e. The van der Waals surface area contributed by atoms with E-state index in [9.17, 15) is 22.4 Å². The number of nitrogens with zero attached hydrogens (tertiary/aromatic N) is 4. The molecule has 0 aliphatic carbocycles. The third kappa shape index (κ3) is 4.36. The maximum absolute atomic E-state index is 14.6. The number of halogens is 4. The number of unbranched alkanes of at least 4 members (excludes halogenated alkanes) is 3. The van der Waals surface area contributed by atoms with E-state index in [-0.39, 0.29) is 27.9 Å². The fourth-order valence-corrected chi connectivity index (χ4v) is 2.96. The maximum atomic E-state index is 14.6. The molecule has 154 valence electrons. The van der Waals surface area contributed by atoms with Gasteiger partial charge in [0.05, 0.1) is 22.8 Å². The second kappa shape index (κ2) is 8.14. The molecule has 0 saturated carbocycles. The van der Waals surface area contributed by atoms with Crippen LogP contribution in [0.5, 0.6) is 0 Å². The molecule has 0 amide bonds. The van der Waals surface area contributed by atoms with Gasteiger partial charge in [0.2, 0.25) is 0 Å². The van der Waals surface area contributed by atoms with Crippen LogP contribution >= 0.6 is 0 Å². The van der Waals surface area contributed by atoms with Crippen LogP contribution in [0.15, 0.2) is 29.5 Å². The van der Waals surface area contributed by atoms with E-state index in [1.54, 1.807) is 0 Å². The molecule has 3 rings (SSSR count). The van der Waals surface area contributed by atoms with Crippen molar-refractivity contribution in [3.05, 3.63) is 46.4 Å². The largest absolute Gasteiger partial charge is 0.421 e. The number of benzene rings is 1. The maximum Gasteiger partial charge on any atom is 0.421 e. The van der Waals surface area contributed by atoms with Crippen molar-refractivity contribution < 1.29 is 17.6 Å². The molecule has 0 bridgehead atoms. The molecule has 0 fully saturated rings. The van der Waals surface area contributed by atoms with Crippen molar-refractivity contribution in [3.8, 4) is 11.4 Å². The summed E-state index contributed by atoms with van der Waals surface area (Å²) in [7, 11) is 0. The van der Waals surface area contributed by atoms with Crippen molar-refractivity contribution in [1.82, 2.24) is 19.5 Å². The van der Waals surface area contributed by atoms with Gasteiger partial charge in [-0.25, -0.2) is 19.3 Å². The molecule has 3 aromatic rings. The van der Waals surface area contributed by atoms with Crippen molar-refractivity contribution in [2.24, 2.45) is 0 Å². The lowest BCUT2D eigenvalue weighted by Crippen LogP contribution is -2.21. The second-order valence-corrected chi connectivity index (χ2v) is 6.64. The Labute approximate surface area is 163 Å². The zero-order valence-electron chi connectivity index (χ0n) is 15.6. The van der Waals surface area contributed by atoms with Gasteiger partial charge in [-0.15, -0.1) is 0 Å². The van der Waals surface area contributed by atoms with Gasteiger partial charge in [-0.05, 0) is 18.6 Å². The lowest BCUT2D eigenvalue weighted by Gasteiger charge is -2.11. The van der Waals surface area contributed by atoms with Gasteiger partial charge in [-0.2, -0.15) is 13.2 Å². The zero-order valence-corrected chi connectivity index (χ0v) is 15.6. The zero-order chi connectivity index (χ0) is 21.2. The first-order valence-electron chi connectivity index (χ1n) is 9.11. The van der Waals surface area contributed by atoms with Crippen molar-refractivity contribution in [1.29, 1.82) is 0 Å². The number of hydrogen-bond donors (Lipinski definition) is 1. The summed E-state index contributed by atoms with van der Waals surface area (Å²) in [5.74, 6) is -1.97. The van der Waals surface area contributed by atoms with Crippen LogP contribution in [0.3, 0.4) is 0 Å². The summed E-state index contributed by atoms with van der Waals surface area (Å²) >= 11 is 0. The Morgan fingerprint density at radius 1 is 1.14 bits per heavy atom. The van der Waals surface area contributed by atoms with Crippen molar-refractivity contribution in [3.63, 3.8) is 0 Å². The lowest BCUT2D eigenvalue weighted by atomic mass is 10.1. The van der Waals surface area contributed by atoms with Crippen LogP contribution in [0, 0.1) is 5.82 Å². The predicted octanol–water partition coefficient (Wildman–Crippen LogP) is 4.17. The monoisotopic (exact) mass is 409 g/mol. The van der Waals surface area contributed by atoms with Gasteiger partial charge < -0.3 is 5.73 Å². The summed E-state index contributed by atoms with van der Waals surface area (Å²) in [4.78, 5) is 23.9. The van der Waals surface area contributed by atoms with E-state index < -0.39 is 23.4 Å². The summed E-state index contributed by atoms with van der Waals surface area (Å²) in [6.07, 6.45) is 1.07. The third-order valence-electron chi connectivity index (χ3n) is 4.53. The molecular weight excluding hydrogens is 390 g/mol. The second-order valence-electron chi connectivity index (χ2n) is 6.64. The number of rotatable bonds is 6. The van der Waals surface area contributed by atoms with E-state index in [0.717, 1.165) is 31.7 Å². The summed E-state index contributed by atoms with van der Waals surface area (Å²) < 4.78 is 54.4. The number of aryl methyl sites for hydroxylation is 1. The van der Waals surface area contributed by atoms with Crippen LogP contribution in [0.1, 0.15) is 38.2 Å². The lowest BCUT2D eigenvalue weighted by molar-refractivity contribution is -0.137. The van der Waals surface area contributed by atoms with E-state index in [4.69, 9.17) is 5.73 Å². The molecule has 0 aliphatic rings. The predicted molar refractivity (Wildman–Crippen MR) is 101 cm³/mol. The first-order valence-corrected chi connectivity index (χ1v) is 9.11. The first-order chi connectivity index (χ1) is 13.7. The van der Waals surface area contributed by atoms with Crippen molar-refractivity contribution in [2.75, 3.05) is 5.73 Å². The van der Waals surface area contributed by atoms with Gasteiger partial charge in [0, 0.05) is 12.7 Å². The summed E-state index contributed by atoms with van der Waals surface area (Å²) in [6.45, 7) is 2.56. The van der Waals surface area contributed by atoms with Gasteiger partial charge in [-0.3, -0.25) is 9.36 Å². The molecule has 10 heteroatoms. The highest BCUT2D eigenvalue weighted by Gasteiger charge is 2.34. The Morgan fingerprint density at radius 2 is 1.90 bits per heavy atom. The molecule has 29 heavy (non-hydrogen) atoms. The molecule has 1 aromatic carbocycles. The quantitative estimate of drug-likeness (QED) is 0.488. The SMILES string of the molecule is CCCCCCn1cnc2cc(-c3ncc(C(F)(F)F)c(N)n3)c(F)cc2c1=O. The van der Waals surface area contributed by atoms with Crippen LogP contribution in [-0.4, -0.2) is 19.5 Å². The molecule has 2 aromatic heterocycles. The van der Waals surface area contributed by atoms with Gasteiger partial charge in [0.1, 0.15) is 17.2 Å². The molecular formula is C19H19F4N5O. The van der Waals surface area contributed by atoms with Crippen LogP contribution in [0.25, 0.3) is 22.3 Å². The molecule has 0 atom stereocenters. The number of fused-ring (bicyclic) bond motifs is 1. The number of alkyl halides is 3. The molecule has 2 N–H and O–H groups in total. The molecule has 0 spiro atoms. The fourth-order valence-electron chi connectivity index (χ4n) is 2.96. The van der Waals surface area contributed by atoms with Crippen molar-refractivity contribution in [2.45, 2.75) is 45.3 Å². The highest BCUT2D eigenvalue weighted by atomic mass is 19.4. The van der Waals surface area contributed by atoms with Gasteiger partial charge >= 0.3 is 6.18 Å². The molecule has 0 aliphatic heterocycles. The molecule has 6 nitrogen and oxygen atoms in total. The summed E-state index contributed by atoms with van der Waals surface area (Å²) in [5, 5.41) is 0.0733. The Morgan fingerprint density at radius 3 is 2.55 bits per heavy atom. The number of nitrogen functional groups attached to an aromatic ring is 1. The van der Waals surface area contributed by atoms with Crippen LogP contribution in [0.2, 0.25) is 0 Å². The first kappa shape index (κ1) is 20.7. The Balaban J connectivity index is 1.98. The molecule has 0 unspecified atom stereocenters. The number of aromatic nitrogens is 4. The van der Waals surface area contributed by atoms with E-state index in [0.29, 0.717) is 12.7 Å². The standard InChI is InChI=1S/C19H19F4N5O/c1-2-3-4-5-6-28-10-26-15-8-11(14(20)7-12(15)18(28)29)17-25-9-13(16(24)27-17)19(21,22)23/h7-10H,2-6H2,1H3,(H2,24,25,27). The molecule has 0 radical (unpaired) electrons.